The summed E-state index contributed by atoms with van der Waals surface area (Å²) in [6, 6.07) is 0. The van der Waals surface area contributed by atoms with Crippen LogP contribution in [0.5, 0.6) is 0 Å². The first kappa shape index (κ1) is 60.2. The number of hydrogen-bond acceptors (Lipinski definition) is 7. The molecule has 0 aromatic carbocycles. The molecule has 0 aliphatic heterocycles. The van der Waals surface area contributed by atoms with Crippen molar-refractivity contribution in [3.05, 3.63) is 60.8 Å². The van der Waals surface area contributed by atoms with E-state index in [9.17, 15) is 14.3 Å². The van der Waals surface area contributed by atoms with Gasteiger partial charge in [-0.3, -0.25) is 9.36 Å². The molecule has 0 amide bonds. The molecule has 8 nitrogen and oxygen atoms in total. The SMILES string of the molecule is CC/C=C\C/C=C\C/C=C\C/C=C\CCCCCCCCCCCCCCCOCC(COP(=O)([O-])OCC[N+](C)(C)C)OC(=O)CCCCCCC/C=C\CCCCCCC. The Morgan fingerprint density at radius 1 is 0.516 bits per heavy atom. The van der Waals surface area contributed by atoms with Gasteiger partial charge in [0.15, 0.2) is 0 Å². The predicted molar refractivity (Wildman–Crippen MR) is 263 cm³/mol. The summed E-state index contributed by atoms with van der Waals surface area (Å²) in [6.07, 6.45) is 58.2. The highest BCUT2D eigenvalue weighted by Gasteiger charge is 2.20. The number of allylic oxidation sites excluding steroid dienone is 10. The monoisotopic (exact) mass is 892 g/mol. The first-order valence-corrected chi connectivity index (χ1v) is 27.0. The van der Waals surface area contributed by atoms with E-state index in [0.717, 1.165) is 70.6 Å². The Bertz CT molecular complexity index is 1170. The van der Waals surface area contributed by atoms with Crippen LogP contribution in [0.25, 0.3) is 0 Å². The molecule has 0 saturated heterocycles. The number of quaternary nitrogens is 1. The van der Waals surface area contributed by atoms with E-state index in [-0.39, 0.29) is 25.8 Å². The van der Waals surface area contributed by atoms with E-state index in [4.69, 9.17) is 18.5 Å². The molecular formula is C53H98NO7P. The van der Waals surface area contributed by atoms with Crippen LogP contribution in [0.4, 0.5) is 0 Å². The summed E-state index contributed by atoms with van der Waals surface area (Å²) in [5.74, 6) is -0.343. The lowest BCUT2D eigenvalue weighted by atomic mass is 10.0. The van der Waals surface area contributed by atoms with Crippen LogP contribution in [0.15, 0.2) is 60.8 Å². The lowest BCUT2D eigenvalue weighted by Crippen LogP contribution is -2.37. The van der Waals surface area contributed by atoms with Crippen molar-refractivity contribution >= 4 is 13.8 Å². The second-order valence-electron chi connectivity index (χ2n) is 18.1. The Morgan fingerprint density at radius 3 is 1.42 bits per heavy atom. The highest BCUT2D eigenvalue weighted by molar-refractivity contribution is 7.45. The molecule has 0 saturated carbocycles. The normalized spacial score (nSPS) is 14.1. The molecule has 2 unspecified atom stereocenters. The molecule has 0 aliphatic carbocycles. The molecule has 0 heterocycles. The van der Waals surface area contributed by atoms with E-state index in [1.165, 1.54) is 122 Å². The summed E-state index contributed by atoms with van der Waals surface area (Å²) in [5, 5.41) is 0. The number of phosphoric ester groups is 1. The summed E-state index contributed by atoms with van der Waals surface area (Å²) >= 11 is 0. The molecule has 0 spiro atoms. The van der Waals surface area contributed by atoms with Crippen molar-refractivity contribution in [3.63, 3.8) is 0 Å². The number of nitrogens with zero attached hydrogens (tertiary/aromatic N) is 1. The van der Waals surface area contributed by atoms with Crippen molar-refractivity contribution in [1.29, 1.82) is 0 Å². The van der Waals surface area contributed by atoms with Crippen LogP contribution in [-0.2, 0) is 27.9 Å². The number of carbonyl (C=O) groups excluding carboxylic acids is 1. The second-order valence-corrected chi connectivity index (χ2v) is 19.6. The highest BCUT2D eigenvalue weighted by atomic mass is 31.2. The Balaban J connectivity index is 4.08. The number of likely N-dealkylation sites (N-methyl/N-ethyl adjacent to an activating group) is 1. The summed E-state index contributed by atoms with van der Waals surface area (Å²) in [6.45, 7) is 5.29. The Kier molecular flexibility index (Phi) is 44.4. The molecule has 0 aromatic heterocycles. The number of carbonyl (C=O) groups is 1. The number of ether oxygens (including phenoxy) is 2. The highest BCUT2D eigenvalue weighted by Crippen LogP contribution is 2.38. The van der Waals surface area contributed by atoms with Gasteiger partial charge in [-0.1, -0.05) is 190 Å². The van der Waals surface area contributed by atoms with Crippen molar-refractivity contribution in [1.82, 2.24) is 0 Å². The molecule has 0 rings (SSSR count). The molecule has 62 heavy (non-hydrogen) atoms. The van der Waals surface area contributed by atoms with E-state index in [1.807, 2.05) is 21.1 Å². The topological polar surface area (TPSA) is 94.1 Å². The van der Waals surface area contributed by atoms with Gasteiger partial charge in [0.2, 0.25) is 0 Å². The van der Waals surface area contributed by atoms with Crippen molar-refractivity contribution in [2.45, 2.75) is 219 Å². The number of hydrogen-bond donors (Lipinski definition) is 0. The second kappa shape index (κ2) is 45.8. The zero-order valence-corrected chi connectivity index (χ0v) is 42.0. The molecule has 362 valence electrons. The maximum atomic E-state index is 12.7. The first-order chi connectivity index (χ1) is 30.1. The number of unbranched alkanes of at least 4 members (excludes halogenated alkanes) is 23. The van der Waals surface area contributed by atoms with Crippen LogP contribution in [0.2, 0.25) is 0 Å². The van der Waals surface area contributed by atoms with Gasteiger partial charge in [0.1, 0.15) is 19.3 Å². The molecule has 0 N–H and O–H groups in total. The molecule has 9 heteroatoms. The molecule has 0 radical (unpaired) electrons. The average molecular weight is 892 g/mol. The summed E-state index contributed by atoms with van der Waals surface area (Å²) < 4.78 is 34.7. The quantitative estimate of drug-likeness (QED) is 0.0197. The Morgan fingerprint density at radius 2 is 0.935 bits per heavy atom. The van der Waals surface area contributed by atoms with Gasteiger partial charge in [0.05, 0.1) is 34.4 Å². The summed E-state index contributed by atoms with van der Waals surface area (Å²) in [4.78, 5) is 25.1. The van der Waals surface area contributed by atoms with Gasteiger partial charge in [0.25, 0.3) is 7.82 Å². The van der Waals surface area contributed by atoms with Crippen LogP contribution in [0, 0.1) is 0 Å². The van der Waals surface area contributed by atoms with Crippen molar-refractivity contribution in [3.8, 4) is 0 Å². The number of esters is 1. The third-order valence-electron chi connectivity index (χ3n) is 10.8. The first-order valence-electron chi connectivity index (χ1n) is 25.5. The summed E-state index contributed by atoms with van der Waals surface area (Å²) in [5.41, 5.74) is 0. The fourth-order valence-electron chi connectivity index (χ4n) is 6.89. The minimum Gasteiger partial charge on any atom is -0.756 e. The Labute approximate surface area is 383 Å². The van der Waals surface area contributed by atoms with Gasteiger partial charge >= 0.3 is 5.97 Å². The minimum absolute atomic E-state index is 0.0231. The lowest BCUT2D eigenvalue weighted by Gasteiger charge is -2.28. The van der Waals surface area contributed by atoms with Crippen LogP contribution in [0.1, 0.15) is 213 Å². The summed E-state index contributed by atoms with van der Waals surface area (Å²) in [7, 11) is 1.35. The average Bonchev–Trinajstić information content (AvgIpc) is 3.23. The largest absolute Gasteiger partial charge is 0.756 e. The van der Waals surface area contributed by atoms with E-state index < -0.39 is 13.9 Å². The molecule has 0 aliphatic rings. The lowest BCUT2D eigenvalue weighted by molar-refractivity contribution is -0.870. The van der Waals surface area contributed by atoms with E-state index in [2.05, 4.69) is 74.6 Å². The van der Waals surface area contributed by atoms with E-state index >= 15 is 0 Å². The van der Waals surface area contributed by atoms with Gasteiger partial charge < -0.3 is 27.9 Å². The van der Waals surface area contributed by atoms with E-state index in [1.54, 1.807) is 0 Å². The van der Waals surface area contributed by atoms with Gasteiger partial charge in [-0.2, -0.15) is 0 Å². The minimum atomic E-state index is -4.53. The zero-order chi connectivity index (χ0) is 45.5. The van der Waals surface area contributed by atoms with E-state index in [0.29, 0.717) is 24.1 Å². The maximum absolute atomic E-state index is 12.7. The fraction of sp³-hybridized carbons (Fsp3) is 0.792. The number of phosphoric acid groups is 1. The zero-order valence-electron chi connectivity index (χ0n) is 41.1. The smallest absolute Gasteiger partial charge is 0.306 e. The molecular weight excluding hydrogens is 794 g/mol. The fourth-order valence-corrected chi connectivity index (χ4v) is 7.61. The van der Waals surface area contributed by atoms with Crippen LogP contribution in [-0.4, -0.2) is 70.7 Å². The predicted octanol–water partition coefficient (Wildman–Crippen LogP) is 15.0. The third-order valence-corrected chi connectivity index (χ3v) is 11.8. The van der Waals surface area contributed by atoms with Gasteiger partial charge in [-0.05, 0) is 77.0 Å². The van der Waals surface area contributed by atoms with Crippen molar-refractivity contribution in [2.24, 2.45) is 0 Å². The number of rotatable bonds is 47. The van der Waals surface area contributed by atoms with Crippen molar-refractivity contribution < 1.29 is 37.3 Å². The molecule has 0 aromatic rings. The third kappa shape index (κ3) is 49.2. The van der Waals surface area contributed by atoms with Crippen LogP contribution in [0.3, 0.4) is 0 Å². The molecule has 0 fully saturated rings. The van der Waals surface area contributed by atoms with Gasteiger partial charge in [-0.15, -0.1) is 0 Å². The standard InChI is InChI=1S/C53H98NO7P/c1-6-8-10-12-14-16-18-20-22-23-24-25-26-27-28-29-30-31-32-33-35-37-39-41-43-45-48-58-50-52(51-60-62(56,57)59-49-47-54(3,4)5)61-53(55)46-44-42-40-38-36-34-21-19-17-15-13-11-9-7-2/h8,10,14,16,19-22,24-25,52H,6-7,9,11-13,15,17-18,23,26-51H2,1-5H3/b10-8-,16-14-,21-19-,22-20-,25-24-. The van der Waals surface area contributed by atoms with Gasteiger partial charge in [-0.25, -0.2) is 0 Å². The molecule has 2 atom stereocenters. The Hall–Kier alpha value is -1.80. The molecule has 0 bridgehead atoms. The van der Waals surface area contributed by atoms with Crippen LogP contribution < -0.4 is 4.89 Å². The van der Waals surface area contributed by atoms with Gasteiger partial charge in [0, 0.05) is 13.0 Å². The van der Waals surface area contributed by atoms with Crippen molar-refractivity contribution in [2.75, 3.05) is 54.1 Å². The van der Waals surface area contributed by atoms with Crippen LogP contribution >= 0.6 is 7.82 Å². The maximum Gasteiger partial charge on any atom is 0.306 e.